The van der Waals surface area contributed by atoms with Gasteiger partial charge in [-0.15, -0.1) is 0 Å². The lowest BCUT2D eigenvalue weighted by molar-refractivity contribution is 0.0597. The molecule has 1 aromatic heterocycles. The van der Waals surface area contributed by atoms with Crippen LogP contribution in [0.1, 0.15) is 20.8 Å². The molecule has 2 rings (SSSR count). The summed E-state index contributed by atoms with van der Waals surface area (Å²) in [6.45, 7) is 0. The van der Waals surface area contributed by atoms with Crippen molar-refractivity contribution in [2.24, 2.45) is 0 Å². The van der Waals surface area contributed by atoms with Crippen molar-refractivity contribution in [2.45, 2.75) is 0 Å². The number of para-hydroxylation sites is 1. The van der Waals surface area contributed by atoms with Gasteiger partial charge in [0, 0.05) is 17.3 Å². The molecule has 5 heteroatoms. The molecule has 0 aliphatic carbocycles. The van der Waals surface area contributed by atoms with Crippen molar-refractivity contribution in [2.75, 3.05) is 14.2 Å². The van der Waals surface area contributed by atoms with Crippen LogP contribution in [0.4, 0.5) is 0 Å². The number of aromatic nitrogens is 1. The predicted molar refractivity (Wildman–Crippen MR) is 73.0 cm³/mol. The van der Waals surface area contributed by atoms with Crippen LogP contribution in [-0.2, 0) is 4.74 Å². The SMILES string of the molecule is COC(=O)c1cccc(-c2ccc(C=O)nc2)c1OC. The first-order chi connectivity index (χ1) is 9.71. The summed E-state index contributed by atoms with van der Waals surface area (Å²) in [6.07, 6.45) is 2.23. The number of hydrogen-bond acceptors (Lipinski definition) is 5. The van der Waals surface area contributed by atoms with E-state index in [1.807, 2.05) is 6.07 Å². The van der Waals surface area contributed by atoms with Crippen molar-refractivity contribution in [3.63, 3.8) is 0 Å². The van der Waals surface area contributed by atoms with E-state index in [1.54, 1.807) is 30.5 Å². The molecular weight excluding hydrogens is 258 g/mol. The number of carbonyl (C=O) groups is 2. The first-order valence-corrected chi connectivity index (χ1v) is 5.88. The number of aldehydes is 1. The van der Waals surface area contributed by atoms with E-state index in [1.165, 1.54) is 14.2 Å². The zero-order chi connectivity index (χ0) is 14.5. The van der Waals surface area contributed by atoms with Gasteiger partial charge in [0.05, 0.1) is 14.2 Å². The third-order valence-electron chi connectivity index (χ3n) is 2.84. The number of ether oxygens (including phenoxy) is 2. The molecule has 1 heterocycles. The highest BCUT2D eigenvalue weighted by Crippen LogP contribution is 2.33. The summed E-state index contributed by atoms with van der Waals surface area (Å²) in [4.78, 5) is 26.3. The zero-order valence-electron chi connectivity index (χ0n) is 11.1. The molecule has 20 heavy (non-hydrogen) atoms. The fourth-order valence-electron chi connectivity index (χ4n) is 1.89. The molecule has 0 unspecified atom stereocenters. The van der Waals surface area contributed by atoms with Crippen molar-refractivity contribution in [3.8, 4) is 16.9 Å². The number of carbonyl (C=O) groups excluding carboxylic acids is 2. The van der Waals surface area contributed by atoms with Gasteiger partial charge >= 0.3 is 5.97 Å². The van der Waals surface area contributed by atoms with Gasteiger partial charge in [0.25, 0.3) is 0 Å². The second-order valence-corrected chi connectivity index (χ2v) is 3.97. The quantitative estimate of drug-likeness (QED) is 0.631. The first-order valence-electron chi connectivity index (χ1n) is 5.88. The van der Waals surface area contributed by atoms with Crippen LogP contribution in [0.3, 0.4) is 0 Å². The third kappa shape index (κ3) is 2.51. The lowest BCUT2D eigenvalue weighted by atomic mass is 10.0. The Bertz CT molecular complexity index is 635. The Hall–Kier alpha value is -2.69. The average molecular weight is 271 g/mol. The standard InChI is InChI=1S/C15H13NO4/c1-19-14-12(4-3-5-13(14)15(18)20-2)10-6-7-11(9-17)16-8-10/h3-9H,1-2H3. The van der Waals surface area contributed by atoms with Crippen LogP contribution in [0, 0.1) is 0 Å². The van der Waals surface area contributed by atoms with Crippen molar-refractivity contribution in [1.82, 2.24) is 4.98 Å². The van der Waals surface area contributed by atoms with E-state index < -0.39 is 5.97 Å². The number of esters is 1. The van der Waals surface area contributed by atoms with Gasteiger partial charge in [-0.05, 0) is 12.1 Å². The van der Waals surface area contributed by atoms with E-state index in [0.29, 0.717) is 28.9 Å². The van der Waals surface area contributed by atoms with Crippen LogP contribution in [-0.4, -0.2) is 31.5 Å². The number of pyridine rings is 1. The van der Waals surface area contributed by atoms with Gasteiger partial charge in [-0.25, -0.2) is 4.79 Å². The largest absolute Gasteiger partial charge is 0.495 e. The van der Waals surface area contributed by atoms with Crippen LogP contribution in [0.15, 0.2) is 36.5 Å². The van der Waals surface area contributed by atoms with Crippen LogP contribution in [0.25, 0.3) is 11.1 Å². The molecule has 2 aromatic rings. The Morgan fingerprint density at radius 2 is 2.00 bits per heavy atom. The average Bonchev–Trinajstić information content (AvgIpc) is 2.53. The molecule has 0 aliphatic heterocycles. The molecule has 0 saturated heterocycles. The second-order valence-electron chi connectivity index (χ2n) is 3.97. The Morgan fingerprint density at radius 3 is 2.55 bits per heavy atom. The van der Waals surface area contributed by atoms with Gasteiger partial charge in [0.2, 0.25) is 0 Å². The van der Waals surface area contributed by atoms with Crippen molar-refractivity contribution in [1.29, 1.82) is 0 Å². The maximum Gasteiger partial charge on any atom is 0.341 e. The Labute approximate surface area is 116 Å². The van der Waals surface area contributed by atoms with Crippen molar-refractivity contribution >= 4 is 12.3 Å². The summed E-state index contributed by atoms with van der Waals surface area (Å²) in [7, 11) is 2.80. The van der Waals surface area contributed by atoms with E-state index in [0.717, 1.165) is 5.56 Å². The lowest BCUT2D eigenvalue weighted by Gasteiger charge is -2.12. The summed E-state index contributed by atoms with van der Waals surface area (Å²) in [5.41, 5.74) is 2.14. The maximum atomic E-state index is 11.7. The summed E-state index contributed by atoms with van der Waals surface area (Å²) < 4.78 is 10.0. The maximum absolute atomic E-state index is 11.7. The monoisotopic (exact) mass is 271 g/mol. The van der Waals surface area contributed by atoms with Gasteiger partial charge < -0.3 is 9.47 Å². The predicted octanol–water partition coefficient (Wildman–Crippen LogP) is 2.36. The summed E-state index contributed by atoms with van der Waals surface area (Å²) in [6, 6.07) is 8.52. The van der Waals surface area contributed by atoms with Crippen LogP contribution >= 0.6 is 0 Å². The lowest BCUT2D eigenvalue weighted by Crippen LogP contribution is -2.05. The van der Waals surface area contributed by atoms with Crippen molar-refractivity contribution in [3.05, 3.63) is 47.8 Å². The Morgan fingerprint density at radius 1 is 1.20 bits per heavy atom. The smallest absolute Gasteiger partial charge is 0.341 e. The van der Waals surface area contributed by atoms with E-state index >= 15 is 0 Å². The number of nitrogens with zero attached hydrogens (tertiary/aromatic N) is 1. The molecule has 0 N–H and O–H groups in total. The van der Waals surface area contributed by atoms with E-state index in [9.17, 15) is 9.59 Å². The number of benzene rings is 1. The molecule has 5 nitrogen and oxygen atoms in total. The zero-order valence-corrected chi connectivity index (χ0v) is 11.1. The van der Waals surface area contributed by atoms with Crippen LogP contribution in [0.2, 0.25) is 0 Å². The highest BCUT2D eigenvalue weighted by Gasteiger charge is 2.17. The molecule has 0 radical (unpaired) electrons. The molecule has 0 saturated carbocycles. The Kier molecular flexibility index (Phi) is 4.10. The first kappa shape index (κ1) is 13.7. The number of methoxy groups -OCH3 is 2. The molecule has 0 spiro atoms. The summed E-state index contributed by atoms with van der Waals surface area (Å²) >= 11 is 0. The van der Waals surface area contributed by atoms with Gasteiger partial charge in [0.1, 0.15) is 17.0 Å². The van der Waals surface area contributed by atoms with Gasteiger partial charge in [-0.2, -0.15) is 0 Å². The topological polar surface area (TPSA) is 65.5 Å². The van der Waals surface area contributed by atoms with Crippen molar-refractivity contribution < 1.29 is 19.1 Å². The van der Waals surface area contributed by atoms with E-state index in [-0.39, 0.29) is 0 Å². The minimum atomic E-state index is -0.471. The molecule has 1 aromatic carbocycles. The fraction of sp³-hybridized carbons (Fsp3) is 0.133. The minimum Gasteiger partial charge on any atom is -0.495 e. The highest BCUT2D eigenvalue weighted by molar-refractivity contribution is 5.95. The molecule has 0 bridgehead atoms. The molecule has 0 aliphatic rings. The molecular formula is C15H13NO4. The van der Waals surface area contributed by atoms with Gasteiger partial charge in [-0.3, -0.25) is 9.78 Å². The van der Waals surface area contributed by atoms with Gasteiger partial charge in [0.15, 0.2) is 6.29 Å². The molecule has 0 amide bonds. The molecule has 0 fully saturated rings. The van der Waals surface area contributed by atoms with Gasteiger partial charge in [-0.1, -0.05) is 18.2 Å². The van der Waals surface area contributed by atoms with Crippen LogP contribution in [0.5, 0.6) is 5.75 Å². The molecule has 0 atom stereocenters. The number of hydrogen-bond donors (Lipinski definition) is 0. The Balaban J connectivity index is 2.55. The van der Waals surface area contributed by atoms with Crippen LogP contribution < -0.4 is 4.74 Å². The highest BCUT2D eigenvalue weighted by atomic mass is 16.5. The second kappa shape index (κ2) is 5.97. The summed E-state index contributed by atoms with van der Waals surface area (Å²) in [5.74, 6) is -0.0545. The summed E-state index contributed by atoms with van der Waals surface area (Å²) in [5, 5.41) is 0. The fourth-order valence-corrected chi connectivity index (χ4v) is 1.89. The van der Waals surface area contributed by atoms with E-state index in [4.69, 9.17) is 9.47 Å². The minimum absolute atomic E-state index is 0.340. The molecule has 102 valence electrons. The third-order valence-corrected chi connectivity index (χ3v) is 2.84. The number of rotatable bonds is 4. The normalized spacial score (nSPS) is 9.90. The van der Waals surface area contributed by atoms with E-state index in [2.05, 4.69) is 4.98 Å².